The summed E-state index contributed by atoms with van der Waals surface area (Å²) in [7, 11) is 0. The number of carbonyl (C=O) groups is 2. The van der Waals surface area contributed by atoms with E-state index in [4.69, 9.17) is 9.84 Å². The van der Waals surface area contributed by atoms with Gasteiger partial charge in [0, 0.05) is 18.8 Å². The van der Waals surface area contributed by atoms with Crippen molar-refractivity contribution in [3.8, 4) is 5.75 Å². The van der Waals surface area contributed by atoms with Crippen LogP contribution in [0.3, 0.4) is 0 Å². The Morgan fingerprint density at radius 1 is 1.38 bits per heavy atom. The molecule has 0 bridgehead atoms. The van der Waals surface area contributed by atoms with Crippen LogP contribution in [0.25, 0.3) is 0 Å². The summed E-state index contributed by atoms with van der Waals surface area (Å²) in [6.07, 6.45) is 1.45. The molecule has 2 N–H and O–H groups in total. The number of hydrogen-bond acceptors (Lipinski definition) is 3. The molecule has 1 atom stereocenters. The highest BCUT2D eigenvalue weighted by molar-refractivity contribution is 5.90. The molecule has 1 aromatic rings. The van der Waals surface area contributed by atoms with Crippen molar-refractivity contribution in [3.05, 3.63) is 24.3 Å². The van der Waals surface area contributed by atoms with Crippen molar-refractivity contribution in [2.24, 2.45) is 5.92 Å². The van der Waals surface area contributed by atoms with Crippen molar-refractivity contribution in [1.29, 1.82) is 0 Å². The molecule has 1 aliphatic heterocycles. The fourth-order valence-corrected chi connectivity index (χ4v) is 2.20. The average molecular weight is 292 g/mol. The van der Waals surface area contributed by atoms with E-state index in [1.807, 2.05) is 6.92 Å². The molecule has 0 spiro atoms. The van der Waals surface area contributed by atoms with Crippen molar-refractivity contribution in [2.45, 2.75) is 19.8 Å². The molecular formula is C15H20N2O4. The van der Waals surface area contributed by atoms with Crippen LogP contribution in [-0.2, 0) is 4.79 Å². The molecule has 1 aliphatic rings. The van der Waals surface area contributed by atoms with Crippen LogP contribution < -0.4 is 10.1 Å². The molecule has 6 heteroatoms. The topological polar surface area (TPSA) is 78.9 Å². The number of likely N-dealkylation sites (tertiary alicyclic amines) is 1. The Morgan fingerprint density at radius 3 is 2.67 bits per heavy atom. The van der Waals surface area contributed by atoms with Gasteiger partial charge in [0.2, 0.25) is 0 Å². The Kier molecular flexibility index (Phi) is 5.03. The minimum absolute atomic E-state index is 0.263. The van der Waals surface area contributed by atoms with Gasteiger partial charge in [-0.3, -0.25) is 4.79 Å². The number of benzene rings is 1. The Hall–Kier alpha value is -2.24. The normalized spacial score (nSPS) is 17.6. The predicted molar refractivity (Wildman–Crippen MR) is 78.6 cm³/mol. The summed E-state index contributed by atoms with van der Waals surface area (Å²) in [4.78, 5) is 24.4. The minimum Gasteiger partial charge on any atom is -0.494 e. The molecule has 1 saturated heterocycles. The Labute approximate surface area is 123 Å². The third-order valence-corrected chi connectivity index (χ3v) is 3.40. The maximum absolute atomic E-state index is 12.0. The monoisotopic (exact) mass is 292 g/mol. The second-order valence-corrected chi connectivity index (χ2v) is 5.07. The SMILES string of the molecule is CCCOc1ccc(NC(=O)N2CCC(C(=O)O)C2)cc1. The van der Waals surface area contributed by atoms with Crippen LogP contribution in [0.5, 0.6) is 5.75 Å². The van der Waals surface area contributed by atoms with Crippen molar-refractivity contribution in [2.75, 3.05) is 25.0 Å². The van der Waals surface area contributed by atoms with E-state index in [1.165, 1.54) is 4.90 Å². The lowest BCUT2D eigenvalue weighted by Crippen LogP contribution is -2.33. The summed E-state index contributed by atoms with van der Waals surface area (Å²) < 4.78 is 5.47. The van der Waals surface area contributed by atoms with Crippen molar-refractivity contribution in [3.63, 3.8) is 0 Å². The molecule has 0 aliphatic carbocycles. The Bertz CT molecular complexity index is 501. The summed E-state index contributed by atoms with van der Waals surface area (Å²) in [5, 5.41) is 11.7. The second kappa shape index (κ2) is 6.97. The van der Waals surface area contributed by atoms with Gasteiger partial charge in [-0.25, -0.2) is 4.79 Å². The van der Waals surface area contributed by atoms with E-state index in [0.29, 0.717) is 25.3 Å². The van der Waals surface area contributed by atoms with Crippen LogP contribution in [0.2, 0.25) is 0 Å². The first kappa shape index (κ1) is 15.2. The Balaban J connectivity index is 1.87. The van der Waals surface area contributed by atoms with E-state index in [2.05, 4.69) is 5.32 Å². The molecule has 1 heterocycles. The maximum atomic E-state index is 12.0. The molecule has 114 valence electrons. The molecule has 21 heavy (non-hydrogen) atoms. The fraction of sp³-hybridized carbons (Fsp3) is 0.467. The molecule has 0 radical (unpaired) electrons. The van der Waals surface area contributed by atoms with Gasteiger partial charge in [-0.2, -0.15) is 0 Å². The Morgan fingerprint density at radius 2 is 2.10 bits per heavy atom. The number of nitrogens with one attached hydrogen (secondary N) is 1. The number of ether oxygens (including phenoxy) is 1. The van der Waals surface area contributed by atoms with Gasteiger partial charge in [-0.05, 0) is 37.1 Å². The summed E-state index contributed by atoms with van der Waals surface area (Å²) in [6, 6.07) is 6.88. The first-order valence-corrected chi connectivity index (χ1v) is 7.11. The molecule has 2 rings (SSSR count). The third-order valence-electron chi connectivity index (χ3n) is 3.40. The lowest BCUT2D eigenvalue weighted by Gasteiger charge is -2.17. The number of nitrogens with zero attached hydrogens (tertiary/aromatic N) is 1. The summed E-state index contributed by atoms with van der Waals surface area (Å²) in [5.74, 6) is -0.537. The van der Waals surface area contributed by atoms with E-state index >= 15 is 0 Å². The van der Waals surface area contributed by atoms with Crippen molar-refractivity contribution >= 4 is 17.7 Å². The van der Waals surface area contributed by atoms with Crippen molar-refractivity contribution in [1.82, 2.24) is 4.90 Å². The van der Waals surface area contributed by atoms with Crippen LogP contribution >= 0.6 is 0 Å². The van der Waals surface area contributed by atoms with Crippen LogP contribution in [0.1, 0.15) is 19.8 Å². The van der Waals surface area contributed by atoms with Gasteiger partial charge >= 0.3 is 12.0 Å². The number of anilines is 1. The molecule has 0 saturated carbocycles. The van der Waals surface area contributed by atoms with Crippen LogP contribution in [0.4, 0.5) is 10.5 Å². The number of urea groups is 1. The highest BCUT2D eigenvalue weighted by atomic mass is 16.5. The van der Waals surface area contributed by atoms with Gasteiger partial charge in [0.15, 0.2) is 0 Å². The summed E-state index contributed by atoms with van der Waals surface area (Å²) >= 11 is 0. The van der Waals surface area contributed by atoms with Crippen molar-refractivity contribution < 1.29 is 19.4 Å². The number of carbonyl (C=O) groups excluding carboxylic acids is 1. The quantitative estimate of drug-likeness (QED) is 0.873. The number of amides is 2. The molecule has 6 nitrogen and oxygen atoms in total. The van der Waals surface area contributed by atoms with Gasteiger partial charge in [-0.15, -0.1) is 0 Å². The summed E-state index contributed by atoms with van der Waals surface area (Å²) in [6.45, 7) is 3.43. The highest BCUT2D eigenvalue weighted by Gasteiger charge is 2.30. The number of rotatable bonds is 5. The zero-order valence-electron chi connectivity index (χ0n) is 12.0. The third kappa shape index (κ3) is 4.11. The standard InChI is InChI=1S/C15H20N2O4/c1-2-9-21-13-5-3-12(4-6-13)16-15(20)17-8-7-11(10-17)14(18)19/h3-6,11H,2,7-10H2,1H3,(H,16,20)(H,18,19). The first-order chi connectivity index (χ1) is 10.1. The van der Waals surface area contributed by atoms with E-state index in [1.54, 1.807) is 24.3 Å². The van der Waals surface area contributed by atoms with Gasteiger partial charge in [0.1, 0.15) is 5.75 Å². The molecule has 1 fully saturated rings. The molecular weight excluding hydrogens is 272 g/mol. The van der Waals surface area contributed by atoms with Crippen LogP contribution in [-0.4, -0.2) is 41.7 Å². The zero-order chi connectivity index (χ0) is 15.2. The number of carboxylic acid groups (broad SMARTS) is 1. The smallest absolute Gasteiger partial charge is 0.321 e. The van der Waals surface area contributed by atoms with Gasteiger partial charge in [0.05, 0.1) is 12.5 Å². The second-order valence-electron chi connectivity index (χ2n) is 5.07. The van der Waals surface area contributed by atoms with Gasteiger partial charge in [-0.1, -0.05) is 6.92 Å². The zero-order valence-corrected chi connectivity index (χ0v) is 12.0. The van der Waals surface area contributed by atoms with Gasteiger partial charge < -0.3 is 20.1 Å². The molecule has 1 unspecified atom stereocenters. The minimum atomic E-state index is -0.845. The van der Waals surface area contributed by atoms with Gasteiger partial charge in [0.25, 0.3) is 0 Å². The number of carboxylic acids is 1. The molecule has 1 aromatic carbocycles. The van der Waals surface area contributed by atoms with E-state index in [0.717, 1.165) is 12.2 Å². The lowest BCUT2D eigenvalue weighted by molar-refractivity contribution is -0.141. The maximum Gasteiger partial charge on any atom is 0.321 e. The average Bonchev–Trinajstić information content (AvgIpc) is 2.97. The largest absolute Gasteiger partial charge is 0.494 e. The predicted octanol–water partition coefficient (Wildman–Crippen LogP) is 2.41. The van der Waals surface area contributed by atoms with E-state index < -0.39 is 11.9 Å². The molecule has 0 aromatic heterocycles. The number of hydrogen-bond donors (Lipinski definition) is 2. The fourth-order valence-electron chi connectivity index (χ4n) is 2.20. The van der Waals surface area contributed by atoms with Crippen LogP contribution in [0.15, 0.2) is 24.3 Å². The summed E-state index contributed by atoms with van der Waals surface area (Å²) in [5.41, 5.74) is 0.669. The lowest BCUT2D eigenvalue weighted by atomic mass is 10.1. The van der Waals surface area contributed by atoms with E-state index in [9.17, 15) is 9.59 Å². The number of aliphatic carboxylic acids is 1. The highest BCUT2D eigenvalue weighted by Crippen LogP contribution is 2.19. The first-order valence-electron chi connectivity index (χ1n) is 7.11. The van der Waals surface area contributed by atoms with Crippen LogP contribution in [0, 0.1) is 5.92 Å². The van der Waals surface area contributed by atoms with E-state index in [-0.39, 0.29) is 12.6 Å². The molecule has 2 amide bonds.